The van der Waals surface area contributed by atoms with Crippen LogP contribution in [-0.4, -0.2) is 19.0 Å². The molecule has 0 fully saturated rings. The van der Waals surface area contributed by atoms with E-state index in [-0.39, 0.29) is 45.9 Å². The second-order valence-corrected chi connectivity index (χ2v) is 8.86. The number of nitrogens with one attached hydrogen (secondary N) is 1. The van der Waals surface area contributed by atoms with Crippen molar-refractivity contribution in [3.8, 4) is 11.8 Å². The van der Waals surface area contributed by atoms with Crippen molar-refractivity contribution in [3.63, 3.8) is 0 Å². The summed E-state index contributed by atoms with van der Waals surface area (Å²) >= 11 is 1.21. The third kappa shape index (κ3) is 6.55. The smallest absolute Gasteiger partial charge is 0.416 e. The van der Waals surface area contributed by atoms with E-state index in [9.17, 15) is 28.0 Å². The molecule has 1 N–H and O–H groups in total. The van der Waals surface area contributed by atoms with Crippen LogP contribution >= 0.6 is 11.3 Å². The summed E-state index contributed by atoms with van der Waals surface area (Å²) in [5, 5.41) is 12.3. The molecule has 7 nitrogen and oxygen atoms in total. The highest BCUT2D eigenvalue weighted by molar-refractivity contribution is 7.16. The van der Waals surface area contributed by atoms with Gasteiger partial charge >= 0.3 is 12.1 Å². The van der Waals surface area contributed by atoms with E-state index in [1.807, 2.05) is 13.8 Å². The Bertz CT molecular complexity index is 1330. The van der Waals surface area contributed by atoms with Crippen LogP contribution in [0.1, 0.15) is 52.1 Å². The molecular formula is C25H21F3N2O5S. The first-order valence-corrected chi connectivity index (χ1v) is 11.4. The van der Waals surface area contributed by atoms with E-state index in [4.69, 9.17) is 13.9 Å². The Labute approximate surface area is 208 Å². The summed E-state index contributed by atoms with van der Waals surface area (Å²) in [6, 6.07) is 10.8. The Balaban J connectivity index is 1.72. The Morgan fingerprint density at radius 3 is 2.61 bits per heavy atom. The molecule has 0 spiro atoms. The van der Waals surface area contributed by atoms with E-state index in [2.05, 4.69) is 5.32 Å². The number of thiophene rings is 1. The lowest BCUT2D eigenvalue weighted by atomic mass is 10.1. The summed E-state index contributed by atoms with van der Waals surface area (Å²) in [7, 11) is 1.23. The van der Waals surface area contributed by atoms with Gasteiger partial charge in [-0.1, -0.05) is 19.9 Å². The fraction of sp³-hybridized carbons (Fsp3) is 0.240. The number of anilines is 1. The van der Waals surface area contributed by atoms with Crippen molar-refractivity contribution in [2.24, 2.45) is 0 Å². The average molecular weight is 519 g/mol. The van der Waals surface area contributed by atoms with Crippen molar-refractivity contribution in [3.05, 3.63) is 75.6 Å². The monoisotopic (exact) mass is 518 g/mol. The fourth-order valence-electron chi connectivity index (χ4n) is 2.98. The predicted molar refractivity (Wildman–Crippen MR) is 126 cm³/mol. The van der Waals surface area contributed by atoms with Gasteiger partial charge in [0.05, 0.1) is 18.2 Å². The topological polar surface area (TPSA) is 102 Å². The number of hydrogen-bond donors (Lipinski definition) is 1. The normalized spacial score (nSPS) is 11.8. The highest BCUT2D eigenvalue weighted by atomic mass is 32.1. The maximum Gasteiger partial charge on any atom is 0.416 e. The first kappa shape index (κ1) is 26.6. The van der Waals surface area contributed by atoms with Crippen molar-refractivity contribution in [1.29, 1.82) is 5.26 Å². The Morgan fingerprint density at radius 1 is 1.22 bits per heavy atom. The van der Waals surface area contributed by atoms with Crippen LogP contribution < -0.4 is 10.1 Å². The quantitative estimate of drug-likeness (QED) is 0.211. The molecule has 3 aromatic rings. The lowest BCUT2D eigenvalue weighted by Gasteiger charge is -2.09. The maximum absolute atomic E-state index is 12.8. The molecule has 2 aromatic heterocycles. The lowest BCUT2D eigenvalue weighted by Crippen LogP contribution is -2.15. The van der Waals surface area contributed by atoms with Crippen LogP contribution in [0, 0.1) is 11.3 Å². The molecule has 0 radical (unpaired) electrons. The third-order valence-corrected chi connectivity index (χ3v) is 6.18. The summed E-state index contributed by atoms with van der Waals surface area (Å²) in [5.41, 5.74) is -0.941. The van der Waals surface area contributed by atoms with Gasteiger partial charge in [0.25, 0.3) is 5.91 Å². The minimum atomic E-state index is -4.49. The van der Waals surface area contributed by atoms with Crippen LogP contribution in [0.4, 0.5) is 18.2 Å². The SMILES string of the molecule is COC(=O)c1cc(C(C)C)sc1NC(=O)/C(C#N)=C\c1ccc(COc2cccc(C(F)(F)F)c2)o1. The summed E-state index contributed by atoms with van der Waals surface area (Å²) in [5.74, 6) is -0.829. The molecule has 1 amide bonds. The van der Waals surface area contributed by atoms with Gasteiger partial charge in [-0.2, -0.15) is 18.4 Å². The largest absolute Gasteiger partial charge is 0.486 e. The van der Waals surface area contributed by atoms with Gasteiger partial charge < -0.3 is 19.2 Å². The van der Waals surface area contributed by atoms with Gasteiger partial charge in [0.15, 0.2) is 0 Å². The summed E-state index contributed by atoms with van der Waals surface area (Å²) < 4.78 is 54.2. The average Bonchev–Trinajstić information content (AvgIpc) is 3.47. The molecule has 0 bridgehead atoms. The van der Waals surface area contributed by atoms with Gasteiger partial charge in [-0.05, 0) is 42.3 Å². The molecule has 0 aliphatic rings. The Morgan fingerprint density at radius 2 is 1.97 bits per heavy atom. The van der Waals surface area contributed by atoms with Gasteiger partial charge in [-0.15, -0.1) is 11.3 Å². The number of carbonyl (C=O) groups excluding carboxylic acids is 2. The molecule has 3 rings (SSSR count). The van der Waals surface area contributed by atoms with Crippen LogP contribution in [-0.2, 0) is 22.3 Å². The van der Waals surface area contributed by atoms with E-state index in [0.717, 1.165) is 17.0 Å². The molecule has 2 heterocycles. The number of halogens is 3. The second-order valence-electron chi connectivity index (χ2n) is 7.78. The Kier molecular flexibility index (Phi) is 8.22. The standard InChI is InChI=1S/C25H21F3N2O5S/c1-14(2)21-11-20(24(32)33-3)23(36-21)30-22(31)15(12-29)9-18-7-8-19(35-18)13-34-17-6-4-5-16(10-17)25(26,27)28/h4-11,14H,13H2,1-3H3,(H,30,31)/b15-9-. The number of rotatable bonds is 8. The van der Waals surface area contributed by atoms with Crippen LogP contribution in [0.2, 0.25) is 0 Å². The number of carbonyl (C=O) groups is 2. The van der Waals surface area contributed by atoms with Crippen molar-refractivity contribution in [2.75, 3.05) is 12.4 Å². The maximum atomic E-state index is 12.8. The summed E-state index contributed by atoms with van der Waals surface area (Å²) in [6.07, 6.45) is -3.29. The van der Waals surface area contributed by atoms with E-state index < -0.39 is 23.6 Å². The Hall–Kier alpha value is -4.04. The van der Waals surface area contributed by atoms with Gasteiger partial charge in [0.2, 0.25) is 0 Å². The van der Waals surface area contributed by atoms with Crippen LogP contribution in [0.25, 0.3) is 6.08 Å². The fourth-order valence-corrected chi connectivity index (χ4v) is 4.02. The first-order valence-electron chi connectivity index (χ1n) is 10.6. The molecule has 188 valence electrons. The van der Waals surface area contributed by atoms with Crippen LogP contribution in [0.3, 0.4) is 0 Å². The van der Waals surface area contributed by atoms with Gasteiger partial charge in [-0.25, -0.2) is 4.79 Å². The van der Waals surface area contributed by atoms with Gasteiger partial charge in [-0.3, -0.25) is 4.79 Å². The summed E-state index contributed by atoms with van der Waals surface area (Å²) in [4.78, 5) is 25.7. The zero-order valence-electron chi connectivity index (χ0n) is 19.4. The molecule has 0 aliphatic heterocycles. The third-order valence-electron chi connectivity index (χ3n) is 4.83. The number of alkyl halides is 3. The molecule has 0 saturated heterocycles. The molecule has 36 heavy (non-hydrogen) atoms. The highest BCUT2D eigenvalue weighted by Gasteiger charge is 2.30. The lowest BCUT2D eigenvalue weighted by molar-refractivity contribution is -0.137. The van der Waals surface area contributed by atoms with Crippen molar-refractivity contribution in [2.45, 2.75) is 32.5 Å². The highest BCUT2D eigenvalue weighted by Crippen LogP contribution is 2.34. The number of hydrogen-bond acceptors (Lipinski definition) is 7. The molecule has 0 atom stereocenters. The predicted octanol–water partition coefficient (Wildman–Crippen LogP) is 6.39. The minimum Gasteiger partial charge on any atom is -0.486 e. The molecule has 0 unspecified atom stereocenters. The van der Waals surface area contributed by atoms with E-state index in [1.165, 1.54) is 48.8 Å². The minimum absolute atomic E-state index is 0.00790. The number of furan rings is 1. The number of nitriles is 1. The second kappa shape index (κ2) is 11.1. The first-order chi connectivity index (χ1) is 17.0. The van der Waals surface area contributed by atoms with E-state index in [0.29, 0.717) is 0 Å². The van der Waals surface area contributed by atoms with E-state index in [1.54, 1.807) is 12.1 Å². The van der Waals surface area contributed by atoms with Crippen molar-refractivity contribution >= 4 is 34.3 Å². The zero-order chi connectivity index (χ0) is 26.5. The van der Waals surface area contributed by atoms with Crippen LogP contribution in [0.5, 0.6) is 5.75 Å². The number of benzene rings is 1. The zero-order valence-corrected chi connectivity index (χ0v) is 20.3. The molecule has 0 aliphatic carbocycles. The molecular weight excluding hydrogens is 497 g/mol. The summed E-state index contributed by atoms with van der Waals surface area (Å²) in [6.45, 7) is 3.70. The van der Waals surface area contributed by atoms with Crippen LogP contribution in [0.15, 0.2) is 52.5 Å². The van der Waals surface area contributed by atoms with E-state index >= 15 is 0 Å². The van der Waals surface area contributed by atoms with Crippen molar-refractivity contribution in [1.82, 2.24) is 0 Å². The number of methoxy groups -OCH3 is 1. The van der Waals surface area contributed by atoms with Crippen molar-refractivity contribution < 1.29 is 36.7 Å². The number of amides is 1. The number of esters is 1. The molecule has 0 saturated carbocycles. The number of ether oxygens (including phenoxy) is 2. The number of nitrogens with zero attached hydrogens (tertiary/aromatic N) is 1. The van der Waals surface area contributed by atoms with Gasteiger partial charge in [0, 0.05) is 11.0 Å². The van der Waals surface area contributed by atoms with Gasteiger partial charge in [0.1, 0.15) is 40.5 Å². The molecule has 11 heteroatoms. The molecule has 1 aromatic carbocycles.